The summed E-state index contributed by atoms with van der Waals surface area (Å²) in [6, 6.07) is 22.5. The molecule has 1 N–H and O–H groups in total. The molecule has 8 heteroatoms. The predicted molar refractivity (Wildman–Crippen MR) is 126 cm³/mol. The first-order valence-corrected chi connectivity index (χ1v) is 10.5. The van der Waals surface area contributed by atoms with Crippen LogP contribution in [-0.2, 0) is 4.79 Å². The fraction of sp³-hybridized carbons (Fsp3) is 0.0800. The molecule has 0 aliphatic heterocycles. The van der Waals surface area contributed by atoms with Crippen LogP contribution in [0.5, 0.6) is 5.75 Å². The quantitative estimate of drug-likeness (QED) is 0.301. The lowest BCUT2D eigenvalue weighted by Gasteiger charge is -2.13. The van der Waals surface area contributed by atoms with E-state index in [9.17, 15) is 9.18 Å². The van der Waals surface area contributed by atoms with Crippen molar-refractivity contribution in [1.29, 1.82) is 0 Å². The normalized spacial score (nSPS) is 11.3. The van der Waals surface area contributed by atoms with Crippen molar-refractivity contribution in [3.05, 3.63) is 101 Å². The summed E-state index contributed by atoms with van der Waals surface area (Å²) in [7, 11) is 0. The number of nitrogens with zero attached hydrogens (tertiary/aromatic N) is 3. The molecule has 1 amide bonds. The number of hydrogen-bond acceptors (Lipinski definition) is 4. The number of benzene rings is 3. The number of para-hydroxylation sites is 1. The van der Waals surface area contributed by atoms with E-state index in [2.05, 4.69) is 15.6 Å². The van der Waals surface area contributed by atoms with Gasteiger partial charge in [0.1, 0.15) is 11.6 Å². The monoisotopic (exact) mass is 462 g/mol. The van der Waals surface area contributed by atoms with Crippen molar-refractivity contribution in [2.45, 2.75) is 6.92 Å². The summed E-state index contributed by atoms with van der Waals surface area (Å²) in [5, 5.41) is 9.00. The maximum Gasteiger partial charge on any atom is 0.277 e. The first kappa shape index (κ1) is 22.2. The number of carbonyl (C=O) groups is 1. The van der Waals surface area contributed by atoms with E-state index in [1.54, 1.807) is 48.1 Å². The fourth-order valence-corrected chi connectivity index (χ4v) is 3.36. The molecule has 33 heavy (non-hydrogen) atoms. The van der Waals surface area contributed by atoms with Gasteiger partial charge >= 0.3 is 0 Å². The summed E-state index contributed by atoms with van der Waals surface area (Å²) in [4.78, 5) is 12.3. The maximum atomic E-state index is 13.1. The number of hydrogen-bond donors (Lipinski definition) is 1. The molecule has 166 valence electrons. The molecule has 4 rings (SSSR count). The molecule has 1 aromatic heterocycles. The molecule has 3 aromatic carbocycles. The van der Waals surface area contributed by atoms with Gasteiger partial charge in [-0.3, -0.25) is 4.79 Å². The highest BCUT2D eigenvalue weighted by Crippen LogP contribution is 2.33. The van der Waals surface area contributed by atoms with Gasteiger partial charge in [-0.15, -0.1) is 0 Å². The first-order chi connectivity index (χ1) is 16.0. The second kappa shape index (κ2) is 10.1. The van der Waals surface area contributed by atoms with Crippen molar-refractivity contribution in [3.8, 4) is 22.7 Å². The van der Waals surface area contributed by atoms with Crippen molar-refractivity contribution in [2.24, 2.45) is 5.10 Å². The van der Waals surface area contributed by atoms with E-state index in [0.717, 1.165) is 11.4 Å². The van der Waals surface area contributed by atoms with Gasteiger partial charge in [-0.1, -0.05) is 41.9 Å². The maximum absolute atomic E-state index is 13.1. The molecule has 0 unspecified atom stereocenters. The van der Waals surface area contributed by atoms with Crippen LogP contribution in [0.2, 0.25) is 5.02 Å². The van der Waals surface area contributed by atoms with Gasteiger partial charge in [0.15, 0.2) is 6.61 Å². The molecule has 0 fully saturated rings. The molecule has 0 atom stereocenters. The highest BCUT2D eigenvalue weighted by atomic mass is 35.5. The predicted octanol–water partition coefficient (Wildman–Crippen LogP) is 5.25. The van der Waals surface area contributed by atoms with Crippen LogP contribution in [0, 0.1) is 5.82 Å². The minimum atomic E-state index is -0.436. The zero-order valence-electron chi connectivity index (χ0n) is 17.7. The number of rotatable bonds is 7. The molecular formula is C25H20ClFN4O2. The van der Waals surface area contributed by atoms with E-state index in [-0.39, 0.29) is 12.4 Å². The molecule has 0 spiro atoms. The van der Waals surface area contributed by atoms with Crippen molar-refractivity contribution >= 4 is 23.2 Å². The Morgan fingerprint density at radius 1 is 1.09 bits per heavy atom. The lowest BCUT2D eigenvalue weighted by molar-refractivity contribution is -0.123. The number of halogens is 2. The Kier molecular flexibility index (Phi) is 6.80. The van der Waals surface area contributed by atoms with Gasteiger partial charge < -0.3 is 4.74 Å². The van der Waals surface area contributed by atoms with Gasteiger partial charge in [0, 0.05) is 10.6 Å². The standard InChI is InChI=1S/C25H20ClFN4O2/c1-17(18-7-10-20(27)11-8-18)29-30-25(32)16-33-24-12-9-19(26)15-22(24)23-13-14-28-31(23)21-5-3-2-4-6-21/h2-15H,16H2,1H3,(H,30,32)/b29-17+. The van der Waals surface area contributed by atoms with Crippen molar-refractivity contribution in [1.82, 2.24) is 15.2 Å². The van der Waals surface area contributed by atoms with Gasteiger partial charge in [0.25, 0.3) is 5.91 Å². The van der Waals surface area contributed by atoms with E-state index in [1.807, 2.05) is 36.4 Å². The zero-order valence-corrected chi connectivity index (χ0v) is 18.5. The fourth-order valence-electron chi connectivity index (χ4n) is 3.19. The summed E-state index contributed by atoms with van der Waals surface area (Å²) in [5.41, 5.74) is 6.05. The Bertz CT molecular complexity index is 1290. The van der Waals surface area contributed by atoms with Crippen LogP contribution in [0.3, 0.4) is 0 Å². The third-order valence-corrected chi connectivity index (χ3v) is 5.07. The second-order valence-electron chi connectivity index (χ2n) is 7.13. The van der Waals surface area contributed by atoms with Crippen molar-refractivity contribution in [3.63, 3.8) is 0 Å². The van der Waals surface area contributed by atoms with Gasteiger partial charge in [-0.2, -0.15) is 10.2 Å². The van der Waals surface area contributed by atoms with Gasteiger partial charge in [-0.05, 0) is 61.0 Å². The third kappa shape index (κ3) is 5.45. The highest BCUT2D eigenvalue weighted by molar-refractivity contribution is 6.31. The van der Waals surface area contributed by atoms with Crippen molar-refractivity contribution < 1.29 is 13.9 Å². The van der Waals surface area contributed by atoms with Crippen LogP contribution < -0.4 is 10.2 Å². The number of hydrazone groups is 1. The number of amides is 1. The smallest absolute Gasteiger partial charge is 0.277 e. The molecule has 0 saturated heterocycles. The largest absolute Gasteiger partial charge is 0.483 e. The first-order valence-electron chi connectivity index (χ1n) is 10.1. The van der Waals surface area contributed by atoms with E-state index in [1.165, 1.54) is 12.1 Å². The van der Waals surface area contributed by atoms with Gasteiger partial charge in [0.05, 0.1) is 23.3 Å². The Hall–Kier alpha value is -3.97. The van der Waals surface area contributed by atoms with Crippen LogP contribution in [0.4, 0.5) is 4.39 Å². The van der Waals surface area contributed by atoms with Crippen LogP contribution in [0.15, 0.2) is 90.2 Å². The molecule has 1 heterocycles. The van der Waals surface area contributed by atoms with Crippen LogP contribution in [0.25, 0.3) is 16.9 Å². The summed E-state index contributed by atoms with van der Waals surface area (Å²) in [6.07, 6.45) is 1.69. The van der Waals surface area contributed by atoms with Crippen LogP contribution in [-0.4, -0.2) is 28.0 Å². The minimum absolute atomic E-state index is 0.256. The molecule has 6 nitrogen and oxygen atoms in total. The third-order valence-electron chi connectivity index (χ3n) is 4.83. The molecule has 4 aromatic rings. The van der Waals surface area contributed by atoms with E-state index in [4.69, 9.17) is 16.3 Å². The number of carbonyl (C=O) groups excluding carboxylic acids is 1. The summed E-state index contributed by atoms with van der Waals surface area (Å²) < 4.78 is 20.6. The molecule has 0 saturated carbocycles. The molecule has 0 radical (unpaired) electrons. The van der Waals surface area contributed by atoms with Crippen LogP contribution in [0.1, 0.15) is 12.5 Å². The van der Waals surface area contributed by atoms with E-state index in [0.29, 0.717) is 27.6 Å². The van der Waals surface area contributed by atoms with Crippen molar-refractivity contribution in [2.75, 3.05) is 6.61 Å². The Morgan fingerprint density at radius 2 is 1.85 bits per heavy atom. The average Bonchev–Trinajstić information content (AvgIpc) is 3.32. The highest BCUT2D eigenvalue weighted by Gasteiger charge is 2.15. The molecular weight excluding hydrogens is 443 g/mol. The van der Waals surface area contributed by atoms with E-state index < -0.39 is 5.91 Å². The summed E-state index contributed by atoms with van der Waals surface area (Å²) in [5.74, 6) is -0.295. The number of nitrogens with one attached hydrogen (secondary N) is 1. The topological polar surface area (TPSA) is 68.5 Å². The Labute approximate surface area is 195 Å². The second-order valence-corrected chi connectivity index (χ2v) is 7.57. The van der Waals surface area contributed by atoms with Gasteiger partial charge in [-0.25, -0.2) is 14.5 Å². The minimum Gasteiger partial charge on any atom is -0.483 e. The molecule has 0 bridgehead atoms. The number of ether oxygens (including phenoxy) is 1. The number of aromatic nitrogens is 2. The summed E-state index contributed by atoms with van der Waals surface area (Å²) >= 11 is 6.24. The SMILES string of the molecule is C/C(=N\NC(=O)COc1ccc(Cl)cc1-c1ccnn1-c1ccccc1)c1ccc(F)cc1. The average molecular weight is 463 g/mol. The Balaban J connectivity index is 1.49. The molecule has 0 aliphatic rings. The van der Waals surface area contributed by atoms with Crippen LogP contribution >= 0.6 is 11.6 Å². The lowest BCUT2D eigenvalue weighted by Crippen LogP contribution is -2.25. The lowest BCUT2D eigenvalue weighted by atomic mass is 10.1. The summed E-state index contributed by atoms with van der Waals surface area (Å²) in [6.45, 7) is 1.46. The zero-order chi connectivity index (χ0) is 23.2. The molecule has 0 aliphatic carbocycles. The van der Waals surface area contributed by atoms with Gasteiger partial charge in [0.2, 0.25) is 0 Å². The van der Waals surface area contributed by atoms with E-state index >= 15 is 0 Å². The Morgan fingerprint density at radius 3 is 2.61 bits per heavy atom.